The molecule has 1 aromatic heterocycles. The van der Waals surface area contributed by atoms with Gasteiger partial charge >= 0.3 is 0 Å². The van der Waals surface area contributed by atoms with Gasteiger partial charge in [-0.1, -0.05) is 0 Å². The van der Waals surface area contributed by atoms with E-state index in [1.165, 1.54) is 0 Å². The summed E-state index contributed by atoms with van der Waals surface area (Å²) >= 11 is 1.64. The van der Waals surface area contributed by atoms with Crippen molar-refractivity contribution in [2.24, 2.45) is 0 Å². The Balaban J connectivity index is 2.51. The van der Waals surface area contributed by atoms with Gasteiger partial charge in [-0.2, -0.15) is 11.3 Å². The molecule has 0 bridgehead atoms. The summed E-state index contributed by atoms with van der Waals surface area (Å²) < 4.78 is 10.1. The van der Waals surface area contributed by atoms with E-state index in [1.807, 2.05) is 16.8 Å². The third-order valence-corrected chi connectivity index (χ3v) is 3.03. The van der Waals surface area contributed by atoms with E-state index in [0.717, 1.165) is 5.56 Å². The monoisotopic (exact) mass is 230 g/mol. The Kier molecular flexibility index (Phi) is 4.73. The van der Waals surface area contributed by atoms with Crippen molar-refractivity contribution in [1.82, 2.24) is 0 Å². The van der Waals surface area contributed by atoms with Crippen LogP contribution in [-0.2, 0) is 15.9 Å². The van der Waals surface area contributed by atoms with Gasteiger partial charge in [0.1, 0.15) is 0 Å². The minimum atomic E-state index is -0.794. The van der Waals surface area contributed by atoms with E-state index < -0.39 is 5.60 Å². The van der Waals surface area contributed by atoms with Gasteiger partial charge in [-0.3, -0.25) is 0 Å². The van der Waals surface area contributed by atoms with Gasteiger partial charge < -0.3 is 14.6 Å². The van der Waals surface area contributed by atoms with Crippen molar-refractivity contribution in [3.05, 3.63) is 22.4 Å². The molecule has 0 amide bonds. The van der Waals surface area contributed by atoms with Gasteiger partial charge in [0, 0.05) is 27.1 Å². The lowest BCUT2D eigenvalue weighted by Crippen LogP contribution is -2.33. The third-order valence-electron chi connectivity index (χ3n) is 2.30. The standard InChI is InChI=1S/C11H18O3S/c1-11(12,7-10(13-2)14-3)6-9-4-5-15-8-9/h4-5,8,10,12H,6-7H2,1-3H3. The summed E-state index contributed by atoms with van der Waals surface area (Å²) in [6.07, 6.45) is 0.744. The van der Waals surface area contributed by atoms with Crippen LogP contribution in [0.5, 0.6) is 0 Å². The molecule has 3 nitrogen and oxygen atoms in total. The van der Waals surface area contributed by atoms with Gasteiger partial charge in [0.15, 0.2) is 6.29 Å². The number of hydrogen-bond donors (Lipinski definition) is 1. The highest BCUT2D eigenvalue weighted by Crippen LogP contribution is 2.21. The normalized spacial score (nSPS) is 15.5. The van der Waals surface area contributed by atoms with Crippen molar-refractivity contribution in [1.29, 1.82) is 0 Å². The van der Waals surface area contributed by atoms with Gasteiger partial charge in [0.2, 0.25) is 0 Å². The minimum Gasteiger partial charge on any atom is -0.390 e. The molecular formula is C11H18O3S. The molecule has 0 aliphatic carbocycles. The Hall–Kier alpha value is -0.420. The van der Waals surface area contributed by atoms with Crippen LogP contribution < -0.4 is 0 Å². The Morgan fingerprint density at radius 2 is 2.13 bits per heavy atom. The van der Waals surface area contributed by atoms with E-state index in [9.17, 15) is 5.11 Å². The molecule has 0 saturated carbocycles. The largest absolute Gasteiger partial charge is 0.390 e. The van der Waals surface area contributed by atoms with Gasteiger partial charge in [-0.05, 0) is 29.3 Å². The molecule has 0 saturated heterocycles. The van der Waals surface area contributed by atoms with Gasteiger partial charge in [-0.25, -0.2) is 0 Å². The van der Waals surface area contributed by atoms with Crippen molar-refractivity contribution in [2.75, 3.05) is 14.2 Å². The summed E-state index contributed by atoms with van der Waals surface area (Å²) in [6, 6.07) is 2.02. The quantitative estimate of drug-likeness (QED) is 0.760. The molecule has 1 unspecified atom stereocenters. The molecule has 0 aliphatic heterocycles. The molecule has 4 heteroatoms. The topological polar surface area (TPSA) is 38.7 Å². The maximum atomic E-state index is 10.2. The average molecular weight is 230 g/mol. The van der Waals surface area contributed by atoms with Gasteiger partial charge in [0.25, 0.3) is 0 Å². The molecule has 0 spiro atoms. The van der Waals surface area contributed by atoms with Crippen LogP contribution in [0.2, 0.25) is 0 Å². The lowest BCUT2D eigenvalue weighted by atomic mass is 9.94. The summed E-state index contributed by atoms with van der Waals surface area (Å²) in [6.45, 7) is 1.80. The number of rotatable bonds is 6. The molecule has 1 rings (SSSR count). The molecule has 0 aliphatic rings. The molecular weight excluding hydrogens is 212 g/mol. The molecule has 0 fully saturated rings. The van der Waals surface area contributed by atoms with E-state index in [4.69, 9.17) is 9.47 Å². The van der Waals surface area contributed by atoms with Crippen LogP contribution >= 0.6 is 11.3 Å². The fraction of sp³-hybridized carbons (Fsp3) is 0.636. The number of thiophene rings is 1. The van der Waals surface area contributed by atoms with Crippen LogP contribution in [0.15, 0.2) is 16.8 Å². The van der Waals surface area contributed by atoms with Gasteiger partial charge in [0.05, 0.1) is 5.60 Å². The first-order valence-corrected chi connectivity index (χ1v) is 5.81. The smallest absolute Gasteiger partial charge is 0.159 e. The summed E-state index contributed by atoms with van der Waals surface area (Å²) in [5.41, 5.74) is 0.355. The molecule has 1 aromatic rings. The molecule has 0 radical (unpaired) electrons. The Labute approximate surface area is 94.6 Å². The van der Waals surface area contributed by atoms with Crippen molar-refractivity contribution < 1.29 is 14.6 Å². The average Bonchev–Trinajstić information content (AvgIpc) is 2.66. The predicted octanol–water partition coefficient (Wildman–Crippen LogP) is 2.05. The fourth-order valence-corrected chi connectivity index (χ4v) is 2.20. The highest BCUT2D eigenvalue weighted by atomic mass is 32.1. The van der Waals surface area contributed by atoms with Crippen LogP contribution in [-0.4, -0.2) is 31.2 Å². The Morgan fingerprint density at radius 3 is 2.60 bits per heavy atom. The van der Waals surface area contributed by atoms with Gasteiger partial charge in [-0.15, -0.1) is 0 Å². The number of aliphatic hydroxyl groups is 1. The lowest BCUT2D eigenvalue weighted by molar-refractivity contribution is -0.139. The summed E-state index contributed by atoms with van der Waals surface area (Å²) in [4.78, 5) is 0. The van der Waals surface area contributed by atoms with E-state index in [-0.39, 0.29) is 6.29 Å². The first-order valence-electron chi connectivity index (χ1n) is 4.86. The van der Waals surface area contributed by atoms with Crippen LogP contribution in [0.1, 0.15) is 18.9 Å². The predicted molar refractivity (Wildman–Crippen MR) is 61.1 cm³/mol. The molecule has 1 atom stereocenters. The number of hydrogen-bond acceptors (Lipinski definition) is 4. The second-order valence-corrected chi connectivity index (χ2v) is 4.69. The SMILES string of the molecule is COC(CC(C)(O)Cc1ccsc1)OC. The third kappa shape index (κ3) is 4.30. The van der Waals surface area contributed by atoms with Crippen LogP contribution in [0.4, 0.5) is 0 Å². The first kappa shape index (κ1) is 12.6. The van der Waals surface area contributed by atoms with Crippen LogP contribution in [0.3, 0.4) is 0 Å². The minimum absolute atomic E-state index is 0.348. The van der Waals surface area contributed by atoms with Crippen molar-refractivity contribution in [3.8, 4) is 0 Å². The summed E-state index contributed by atoms with van der Waals surface area (Å²) in [5.74, 6) is 0. The maximum absolute atomic E-state index is 10.2. The van der Waals surface area contributed by atoms with Crippen LogP contribution in [0, 0.1) is 0 Å². The molecule has 1 heterocycles. The van der Waals surface area contributed by atoms with Crippen LogP contribution in [0.25, 0.3) is 0 Å². The number of methoxy groups -OCH3 is 2. The highest BCUT2D eigenvalue weighted by molar-refractivity contribution is 7.07. The molecule has 1 N–H and O–H groups in total. The zero-order chi connectivity index (χ0) is 11.3. The van der Waals surface area contributed by atoms with E-state index >= 15 is 0 Å². The van der Waals surface area contributed by atoms with E-state index in [0.29, 0.717) is 12.8 Å². The van der Waals surface area contributed by atoms with E-state index in [1.54, 1.807) is 32.5 Å². The molecule has 0 aromatic carbocycles. The zero-order valence-electron chi connectivity index (χ0n) is 9.40. The van der Waals surface area contributed by atoms with E-state index in [2.05, 4.69) is 0 Å². The number of ether oxygens (including phenoxy) is 2. The molecule has 86 valence electrons. The Morgan fingerprint density at radius 1 is 1.47 bits per heavy atom. The summed E-state index contributed by atoms with van der Waals surface area (Å²) in [5, 5.41) is 14.2. The maximum Gasteiger partial charge on any atom is 0.159 e. The highest BCUT2D eigenvalue weighted by Gasteiger charge is 2.25. The van der Waals surface area contributed by atoms with Crippen molar-refractivity contribution in [2.45, 2.75) is 31.7 Å². The lowest BCUT2D eigenvalue weighted by Gasteiger charge is -2.26. The Bertz CT molecular complexity index is 265. The van der Waals surface area contributed by atoms with Crippen molar-refractivity contribution in [3.63, 3.8) is 0 Å². The second kappa shape index (κ2) is 5.61. The molecule has 15 heavy (non-hydrogen) atoms. The fourth-order valence-electron chi connectivity index (χ4n) is 1.53. The zero-order valence-corrected chi connectivity index (χ0v) is 10.2. The van der Waals surface area contributed by atoms with Crippen molar-refractivity contribution >= 4 is 11.3 Å². The summed E-state index contributed by atoms with van der Waals surface area (Å²) in [7, 11) is 3.16. The second-order valence-electron chi connectivity index (χ2n) is 3.91. The first-order chi connectivity index (χ1) is 7.07.